The number of rotatable bonds is 5. The highest BCUT2D eigenvalue weighted by Crippen LogP contribution is 2.38. The first kappa shape index (κ1) is 15.9. The van der Waals surface area contributed by atoms with Crippen molar-refractivity contribution in [2.24, 2.45) is 0 Å². The van der Waals surface area contributed by atoms with Gasteiger partial charge in [0, 0.05) is 15.7 Å². The third-order valence-corrected chi connectivity index (χ3v) is 5.76. The van der Waals surface area contributed by atoms with E-state index in [9.17, 15) is 5.11 Å². The summed E-state index contributed by atoms with van der Waals surface area (Å²) >= 11 is 1.97. The van der Waals surface area contributed by atoms with Crippen molar-refractivity contribution >= 4 is 11.8 Å². The summed E-state index contributed by atoms with van der Waals surface area (Å²) in [6.45, 7) is 4.70. The second-order valence-corrected chi connectivity index (χ2v) is 7.62. The first-order valence-electron chi connectivity index (χ1n) is 7.65. The fraction of sp³-hybridized carbons (Fsp3) is 0.647. The molecule has 2 atom stereocenters. The van der Waals surface area contributed by atoms with Gasteiger partial charge >= 0.3 is 0 Å². The Morgan fingerprint density at radius 1 is 1.35 bits per heavy atom. The van der Waals surface area contributed by atoms with E-state index in [1.165, 1.54) is 23.3 Å². The lowest BCUT2D eigenvalue weighted by Gasteiger charge is -2.39. The topological polar surface area (TPSA) is 32.3 Å². The fourth-order valence-corrected chi connectivity index (χ4v) is 4.35. The van der Waals surface area contributed by atoms with Gasteiger partial charge in [0.05, 0.1) is 6.61 Å². The molecule has 20 heavy (non-hydrogen) atoms. The summed E-state index contributed by atoms with van der Waals surface area (Å²) in [5.74, 6) is 0.593. The number of thioether (sulfide) groups is 1. The van der Waals surface area contributed by atoms with Crippen molar-refractivity contribution in [3.8, 4) is 0 Å². The van der Waals surface area contributed by atoms with E-state index in [4.69, 9.17) is 0 Å². The van der Waals surface area contributed by atoms with Crippen LogP contribution in [0, 0.1) is 0 Å². The Morgan fingerprint density at radius 2 is 2.05 bits per heavy atom. The molecule has 1 aliphatic rings. The zero-order valence-electron chi connectivity index (χ0n) is 12.9. The fourth-order valence-electron chi connectivity index (χ4n) is 2.98. The molecule has 1 aromatic rings. The van der Waals surface area contributed by atoms with Crippen molar-refractivity contribution in [3.63, 3.8) is 0 Å². The summed E-state index contributed by atoms with van der Waals surface area (Å²) in [5, 5.41) is 13.6. The molecule has 2 nitrogen and oxygen atoms in total. The molecule has 0 saturated heterocycles. The minimum absolute atomic E-state index is 0.0617. The van der Waals surface area contributed by atoms with E-state index >= 15 is 0 Å². The molecule has 0 aromatic heterocycles. The predicted octanol–water partition coefficient (Wildman–Crippen LogP) is 3.80. The number of aliphatic hydroxyl groups is 1. The van der Waals surface area contributed by atoms with Crippen LogP contribution >= 0.6 is 11.8 Å². The van der Waals surface area contributed by atoms with Crippen LogP contribution in [0.25, 0.3) is 0 Å². The third kappa shape index (κ3) is 3.78. The molecule has 0 spiro atoms. The molecule has 2 N–H and O–H groups in total. The van der Waals surface area contributed by atoms with Gasteiger partial charge in [-0.1, -0.05) is 32.4 Å². The van der Waals surface area contributed by atoms with Crippen LogP contribution in [0.15, 0.2) is 29.2 Å². The minimum atomic E-state index is -0.0617. The average molecular weight is 293 g/mol. The summed E-state index contributed by atoms with van der Waals surface area (Å²) in [6, 6.07) is 8.98. The lowest BCUT2D eigenvalue weighted by Crippen LogP contribution is -2.50. The molecule has 1 aromatic carbocycles. The van der Waals surface area contributed by atoms with E-state index in [-0.39, 0.29) is 12.1 Å². The van der Waals surface area contributed by atoms with Gasteiger partial charge in [-0.15, -0.1) is 11.8 Å². The van der Waals surface area contributed by atoms with Crippen LogP contribution in [0.1, 0.15) is 51.0 Å². The van der Waals surface area contributed by atoms with Crippen LogP contribution in [0.3, 0.4) is 0 Å². The second kappa shape index (κ2) is 6.97. The Hall–Kier alpha value is -0.510. The van der Waals surface area contributed by atoms with Gasteiger partial charge in [0.1, 0.15) is 0 Å². The Labute approximate surface area is 127 Å². The molecule has 2 rings (SSSR count). The standard InChI is InChI=1S/C17H27NOS/c1-13(2)14-6-8-15(9-7-14)20-16-5-4-10-17(11-16,12-19)18-3/h6-9,13,16,18-19H,4-5,10-12H2,1-3H3. The maximum atomic E-state index is 9.65. The lowest BCUT2D eigenvalue weighted by molar-refractivity contribution is 0.131. The summed E-state index contributed by atoms with van der Waals surface area (Å²) < 4.78 is 0. The van der Waals surface area contributed by atoms with Crippen LogP contribution in [-0.2, 0) is 0 Å². The number of hydrogen-bond acceptors (Lipinski definition) is 3. The number of benzene rings is 1. The maximum absolute atomic E-state index is 9.65. The number of likely N-dealkylation sites (N-methyl/N-ethyl adjacent to an activating group) is 1. The van der Waals surface area contributed by atoms with Gasteiger partial charge in [0.15, 0.2) is 0 Å². The van der Waals surface area contributed by atoms with Gasteiger partial charge < -0.3 is 10.4 Å². The van der Waals surface area contributed by atoms with E-state index in [0.29, 0.717) is 11.2 Å². The van der Waals surface area contributed by atoms with Gasteiger partial charge in [-0.2, -0.15) is 0 Å². The summed E-state index contributed by atoms with van der Waals surface area (Å²) in [4.78, 5) is 1.35. The second-order valence-electron chi connectivity index (χ2n) is 6.25. The highest BCUT2D eigenvalue weighted by molar-refractivity contribution is 8.00. The summed E-state index contributed by atoms with van der Waals surface area (Å²) in [7, 11) is 1.97. The number of nitrogens with one attached hydrogen (secondary N) is 1. The first-order valence-corrected chi connectivity index (χ1v) is 8.53. The predicted molar refractivity (Wildman–Crippen MR) is 87.5 cm³/mol. The summed E-state index contributed by atoms with van der Waals surface area (Å²) in [6.07, 6.45) is 4.59. The van der Waals surface area contributed by atoms with Crippen molar-refractivity contribution in [1.82, 2.24) is 5.32 Å². The molecule has 1 saturated carbocycles. The Balaban J connectivity index is 1.99. The Kier molecular flexibility index (Phi) is 5.53. The SMILES string of the molecule is CNC1(CO)CCCC(Sc2ccc(C(C)C)cc2)C1. The molecule has 1 fully saturated rings. The molecular weight excluding hydrogens is 266 g/mol. The molecule has 0 radical (unpaired) electrons. The van der Waals surface area contributed by atoms with Crippen molar-refractivity contribution in [3.05, 3.63) is 29.8 Å². The van der Waals surface area contributed by atoms with Crippen LogP contribution < -0.4 is 5.32 Å². The maximum Gasteiger partial charge on any atom is 0.0613 e. The zero-order valence-corrected chi connectivity index (χ0v) is 13.7. The highest BCUT2D eigenvalue weighted by atomic mass is 32.2. The van der Waals surface area contributed by atoms with Gasteiger partial charge in [0.25, 0.3) is 0 Å². The van der Waals surface area contributed by atoms with Crippen molar-refractivity contribution in [2.45, 2.75) is 61.1 Å². The number of aliphatic hydroxyl groups excluding tert-OH is 1. The van der Waals surface area contributed by atoms with Gasteiger partial charge in [-0.3, -0.25) is 0 Å². The van der Waals surface area contributed by atoms with Crippen molar-refractivity contribution in [1.29, 1.82) is 0 Å². The molecule has 0 bridgehead atoms. The molecule has 1 aliphatic carbocycles. The number of hydrogen-bond donors (Lipinski definition) is 2. The Morgan fingerprint density at radius 3 is 2.60 bits per heavy atom. The smallest absolute Gasteiger partial charge is 0.0613 e. The van der Waals surface area contributed by atoms with E-state index in [0.717, 1.165) is 12.8 Å². The van der Waals surface area contributed by atoms with Crippen LogP contribution in [0.2, 0.25) is 0 Å². The lowest BCUT2D eigenvalue weighted by atomic mass is 9.82. The minimum Gasteiger partial charge on any atom is -0.394 e. The van der Waals surface area contributed by atoms with Crippen LogP contribution in [-0.4, -0.2) is 29.5 Å². The van der Waals surface area contributed by atoms with Gasteiger partial charge in [-0.05, 0) is 49.9 Å². The first-order chi connectivity index (χ1) is 9.58. The average Bonchev–Trinajstić information content (AvgIpc) is 2.48. The largest absolute Gasteiger partial charge is 0.394 e. The van der Waals surface area contributed by atoms with Crippen LogP contribution in [0.5, 0.6) is 0 Å². The third-order valence-electron chi connectivity index (χ3n) is 4.48. The zero-order chi connectivity index (χ0) is 14.6. The highest BCUT2D eigenvalue weighted by Gasteiger charge is 2.34. The Bertz CT molecular complexity index is 412. The van der Waals surface area contributed by atoms with E-state index < -0.39 is 0 Å². The molecule has 2 unspecified atom stereocenters. The quantitative estimate of drug-likeness (QED) is 0.866. The van der Waals surface area contributed by atoms with E-state index in [1.54, 1.807) is 0 Å². The van der Waals surface area contributed by atoms with Crippen LogP contribution in [0.4, 0.5) is 0 Å². The molecular formula is C17H27NOS. The molecule has 3 heteroatoms. The molecule has 0 heterocycles. The van der Waals surface area contributed by atoms with Gasteiger partial charge in [0.2, 0.25) is 0 Å². The van der Waals surface area contributed by atoms with Crippen molar-refractivity contribution in [2.75, 3.05) is 13.7 Å². The monoisotopic (exact) mass is 293 g/mol. The van der Waals surface area contributed by atoms with E-state index in [2.05, 4.69) is 43.4 Å². The van der Waals surface area contributed by atoms with Gasteiger partial charge in [-0.25, -0.2) is 0 Å². The molecule has 0 amide bonds. The summed E-state index contributed by atoms with van der Waals surface area (Å²) in [5.41, 5.74) is 1.34. The molecule has 112 valence electrons. The normalized spacial score (nSPS) is 26.9. The van der Waals surface area contributed by atoms with E-state index in [1.807, 2.05) is 18.8 Å². The molecule has 0 aliphatic heterocycles. The van der Waals surface area contributed by atoms with Crippen molar-refractivity contribution < 1.29 is 5.11 Å².